The second-order valence-corrected chi connectivity index (χ2v) is 6.51. The number of hydrogen-bond donors (Lipinski definition) is 2. The second kappa shape index (κ2) is 21.7. The summed E-state index contributed by atoms with van der Waals surface area (Å²) in [7, 11) is 0. The summed E-state index contributed by atoms with van der Waals surface area (Å²) in [5, 5.41) is 17.7. The molecule has 24 heavy (non-hydrogen) atoms. The van der Waals surface area contributed by atoms with E-state index in [4.69, 9.17) is 14.9 Å². The van der Waals surface area contributed by atoms with E-state index >= 15 is 0 Å². The molecule has 4 nitrogen and oxygen atoms in total. The average molecular weight is 373 g/mol. The third-order valence-corrected chi connectivity index (χ3v) is 4.13. The van der Waals surface area contributed by atoms with Gasteiger partial charge in [0.15, 0.2) is 0 Å². The van der Waals surface area contributed by atoms with Crippen LogP contribution in [0.25, 0.3) is 0 Å². The Kier molecular flexibility index (Phi) is 24.3. The molecule has 0 aromatic carbocycles. The molecule has 1 unspecified atom stereocenters. The van der Waals surface area contributed by atoms with Crippen LogP contribution < -0.4 is 0 Å². The van der Waals surface area contributed by atoms with Crippen LogP contribution in [0.2, 0.25) is 0 Å². The molecule has 0 aliphatic rings. The molecule has 0 heterocycles. The Labute approximate surface area is 181 Å². The van der Waals surface area contributed by atoms with E-state index < -0.39 is 6.10 Å². The maximum Gasteiger partial charge on any atom is 2.00 e. The van der Waals surface area contributed by atoms with Gasteiger partial charge in [-0.05, 0) is 6.42 Å². The average Bonchev–Trinajstić information content (AvgIpc) is 2.56. The van der Waals surface area contributed by atoms with Crippen molar-refractivity contribution in [3.05, 3.63) is 0 Å². The first-order valence-corrected chi connectivity index (χ1v) is 9.65. The molecule has 0 amide bonds. The zero-order valence-electron chi connectivity index (χ0n) is 17.8. The third kappa shape index (κ3) is 20.7. The first-order chi connectivity index (χ1) is 11.2. The van der Waals surface area contributed by atoms with E-state index in [1.54, 1.807) is 0 Å². The number of carbonyl (C=O) groups is 1. The van der Waals surface area contributed by atoms with Crippen LogP contribution in [0.4, 0.5) is 0 Å². The Morgan fingerprint density at radius 2 is 1.29 bits per heavy atom. The molecule has 5 heteroatoms. The van der Waals surface area contributed by atoms with Gasteiger partial charge in [-0.2, -0.15) is 0 Å². The molecule has 0 aromatic rings. The zero-order chi connectivity index (χ0) is 17.2. The first-order valence-electron chi connectivity index (χ1n) is 9.65. The maximum absolute atomic E-state index is 11.3. The number of unbranched alkanes of at least 4 members (excludes halogenated alkanes) is 12. The predicted octanol–water partition coefficient (Wildman–Crippen LogP) is 4.21. The first kappa shape index (κ1) is 26.9. The van der Waals surface area contributed by atoms with Gasteiger partial charge in [0.25, 0.3) is 0 Å². The summed E-state index contributed by atoms with van der Waals surface area (Å²) in [6.07, 6.45) is 16.1. The summed E-state index contributed by atoms with van der Waals surface area (Å²) in [6, 6.07) is 0. The van der Waals surface area contributed by atoms with Gasteiger partial charge in [-0.25, -0.2) is 0 Å². The van der Waals surface area contributed by atoms with Crippen LogP contribution >= 0.6 is 0 Å². The van der Waals surface area contributed by atoms with E-state index in [0.717, 1.165) is 12.8 Å². The van der Waals surface area contributed by atoms with Crippen molar-refractivity contribution in [2.24, 2.45) is 0 Å². The fourth-order valence-electron chi connectivity index (χ4n) is 2.60. The van der Waals surface area contributed by atoms with Gasteiger partial charge in [0.2, 0.25) is 0 Å². The van der Waals surface area contributed by atoms with Gasteiger partial charge in [-0.1, -0.05) is 84.0 Å². The largest absolute Gasteiger partial charge is 2.00 e. The Morgan fingerprint density at radius 1 is 0.875 bits per heavy atom. The van der Waals surface area contributed by atoms with Gasteiger partial charge >= 0.3 is 43.7 Å². The van der Waals surface area contributed by atoms with Crippen LogP contribution in [0.15, 0.2) is 0 Å². The van der Waals surface area contributed by atoms with Crippen LogP contribution in [0.1, 0.15) is 99.7 Å². The Balaban J connectivity index is -0.000000807. The van der Waals surface area contributed by atoms with Gasteiger partial charge in [-0.15, -0.1) is 0 Å². The molecule has 0 saturated carbocycles. The Morgan fingerprint density at radius 3 is 1.71 bits per heavy atom. The van der Waals surface area contributed by atoms with Crippen molar-refractivity contribution in [3.63, 3.8) is 0 Å². The van der Waals surface area contributed by atoms with E-state index in [1.807, 2.05) is 0 Å². The van der Waals surface area contributed by atoms with Crippen LogP contribution in [-0.4, -0.2) is 73.2 Å². The molecule has 0 aliphatic carbocycles. The fraction of sp³-hybridized carbons (Fsp3) is 0.947. The summed E-state index contributed by atoms with van der Waals surface area (Å²) in [5.41, 5.74) is 0. The predicted molar refractivity (Wildman–Crippen MR) is 102 cm³/mol. The third-order valence-electron chi connectivity index (χ3n) is 4.13. The van der Waals surface area contributed by atoms with Crippen LogP contribution in [0, 0.1) is 0 Å². The SMILES string of the molecule is CCCCCCCCCCCCCCCC(=O)OCC(O)CO.[Ca+2].[H-].[H-]. The maximum atomic E-state index is 11.3. The minimum Gasteiger partial charge on any atom is -1.00 e. The molecule has 1 atom stereocenters. The number of rotatable bonds is 17. The van der Waals surface area contributed by atoms with E-state index in [0.29, 0.717) is 6.42 Å². The van der Waals surface area contributed by atoms with E-state index in [9.17, 15) is 4.79 Å². The molecule has 0 aliphatic heterocycles. The fourth-order valence-corrected chi connectivity index (χ4v) is 2.60. The minimum atomic E-state index is -0.953. The van der Waals surface area contributed by atoms with Gasteiger partial charge in [0.05, 0.1) is 6.61 Å². The number of hydrogen-bond acceptors (Lipinski definition) is 4. The second-order valence-electron chi connectivity index (χ2n) is 6.51. The molecule has 0 fully saturated rings. The summed E-state index contributed by atoms with van der Waals surface area (Å²) >= 11 is 0. The molecular formula is C19H40CaO4. The van der Waals surface area contributed by atoms with Crippen molar-refractivity contribution >= 4 is 43.7 Å². The van der Waals surface area contributed by atoms with Crippen molar-refractivity contribution in [1.29, 1.82) is 0 Å². The summed E-state index contributed by atoms with van der Waals surface area (Å²) in [4.78, 5) is 11.3. The van der Waals surface area contributed by atoms with Gasteiger partial charge in [-0.3, -0.25) is 4.79 Å². The van der Waals surface area contributed by atoms with E-state index in [-0.39, 0.29) is 59.8 Å². The molecule has 0 rings (SSSR count). The molecular weight excluding hydrogens is 332 g/mol. The number of aliphatic hydroxyl groups is 2. The molecule has 0 spiro atoms. The summed E-state index contributed by atoms with van der Waals surface area (Å²) < 4.78 is 4.85. The summed E-state index contributed by atoms with van der Waals surface area (Å²) in [5.74, 6) is -0.277. The normalized spacial score (nSPS) is 11.8. The molecule has 2 N–H and O–H groups in total. The van der Waals surface area contributed by atoms with Crippen molar-refractivity contribution in [2.75, 3.05) is 13.2 Å². The smallest absolute Gasteiger partial charge is 1.00 e. The van der Waals surface area contributed by atoms with Crippen molar-refractivity contribution in [1.82, 2.24) is 0 Å². The number of esters is 1. The summed E-state index contributed by atoms with van der Waals surface area (Å²) in [6.45, 7) is 1.78. The van der Waals surface area contributed by atoms with Crippen molar-refractivity contribution in [3.8, 4) is 0 Å². The van der Waals surface area contributed by atoms with Gasteiger partial charge in [0.1, 0.15) is 12.7 Å². The molecule has 0 saturated heterocycles. The minimum absolute atomic E-state index is 0. The standard InChI is InChI=1S/C19H38O4.Ca.2H/c1-2-3-4-5-6-7-8-9-10-11-12-13-14-15-19(22)23-17-18(21)16-20;;;/h18,20-21H,2-17H2,1H3;;;/q;+2;2*-1. The van der Waals surface area contributed by atoms with Gasteiger partial charge in [0, 0.05) is 6.42 Å². The molecule has 0 bridgehead atoms. The quantitative estimate of drug-likeness (QED) is 0.228. The van der Waals surface area contributed by atoms with Crippen LogP contribution in [0.3, 0.4) is 0 Å². The van der Waals surface area contributed by atoms with E-state index in [2.05, 4.69) is 6.92 Å². The molecule has 0 aromatic heterocycles. The molecule has 142 valence electrons. The number of carbonyl (C=O) groups excluding carboxylic acids is 1. The van der Waals surface area contributed by atoms with Crippen molar-refractivity contribution in [2.45, 2.75) is 103 Å². The monoisotopic (exact) mass is 372 g/mol. The zero-order valence-corrected chi connectivity index (χ0v) is 18.0. The van der Waals surface area contributed by atoms with Crippen molar-refractivity contribution < 1.29 is 22.6 Å². The topological polar surface area (TPSA) is 66.8 Å². The number of aliphatic hydroxyl groups excluding tert-OH is 2. The Hall–Kier alpha value is 0.650. The van der Waals surface area contributed by atoms with Crippen LogP contribution in [-0.2, 0) is 9.53 Å². The Bertz CT molecular complexity index is 272. The molecule has 0 radical (unpaired) electrons. The number of ether oxygens (including phenoxy) is 1. The van der Waals surface area contributed by atoms with E-state index in [1.165, 1.54) is 70.6 Å². The van der Waals surface area contributed by atoms with Gasteiger partial charge < -0.3 is 17.8 Å². The van der Waals surface area contributed by atoms with Crippen LogP contribution in [0.5, 0.6) is 0 Å².